The number of nitro benzene ring substituents is 1. The van der Waals surface area contributed by atoms with Crippen LogP contribution in [0.1, 0.15) is 0 Å². The molecular weight excluding hydrogens is 306 g/mol. The third-order valence-corrected chi connectivity index (χ3v) is 5.15. The lowest BCUT2D eigenvalue weighted by Gasteiger charge is -2.02. The van der Waals surface area contributed by atoms with Crippen LogP contribution in [0.25, 0.3) is 0 Å². The molecule has 0 N–H and O–H groups in total. The first-order chi connectivity index (χ1) is 8.12. The number of nitro groups is 1. The summed E-state index contributed by atoms with van der Waals surface area (Å²) in [5.74, 6) is -1.38. The van der Waals surface area contributed by atoms with E-state index in [0.29, 0.717) is 0 Å². The van der Waals surface area contributed by atoms with Crippen molar-refractivity contribution in [2.75, 3.05) is 11.5 Å². The lowest BCUT2D eigenvalue weighted by atomic mass is 10.3. The summed E-state index contributed by atoms with van der Waals surface area (Å²) < 4.78 is 44.7. The minimum Gasteiger partial charge on any atom is -0.258 e. The summed E-state index contributed by atoms with van der Waals surface area (Å²) in [6, 6.07) is 4.16. The second-order valence-electron chi connectivity index (χ2n) is 3.31. The highest BCUT2D eigenvalue weighted by Gasteiger charge is 2.19. The Morgan fingerprint density at radius 1 is 1.06 bits per heavy atom. The van der Waals surface area contributed by atoms with Crippen LogP contribution >= 0.6 is 10.7 Å². The maximum absolute atomic E-state index is 11.7. The molecule has 1 aromatic rings. The van der Waals surface area contributed by atoms with Crippen LogP contribution in [-0.2, 0) is 18.9 Å². The largest absolute Gasteiger partial charge is 0.269 e. The standard InChI is InChI=1S/C8H8ClNO6S2/c9-18(15,16)6-5-17(13,14)8-3-1-7(2-4-8)10(11)12/h1-4H,5-6H2. The molecule has 1 rings (SSSR count). The van der Waals surface area contributed by atoms with E-state index >= 15 is 0 Å². The minimum absolute atomic E-state index is 0.187. The Hall–Kier alpha value is -1.19. The van der Waals surface area contributed by atoms with Gasteiger partial charge in [0.2, 0.25) is 9.05 Å². The molecule has 0 heterocycles. The SMILES string of the molecule is O=[N+]([O-])c1ccc(S(=O)(=O)CCS(=O)(=O)Cl)cc1. The number of halogens is 1. The van der Waals surface area contributed by atoms with Gasteiger partial charge in [-0.15, -0.1) is 0 Å². The maximum atomic E-state index is 11.7. The molecule has 0 saturated heterocycles. The van der Waals surface area contributed by atoms with Crippen molar-refractivity contribution in [3.8, 4) is 0 Å². The summed E-state index contributed by atoms with van der Waals surface area (Å²) in [4.78, 5) is 9.52. The van der Waals surface area contributed by atoms with Gasteiger partial charge in [0, 0.05) is 22.8 Å². The Balaban J connectivity index is 2.96. The molecule has 100 valence electrons. The molecule has 0 amide bonds. The summed E-state index contributed by atoms with van der Waals surface area (Å²) in [6.07, 6.45) is 0. The van der Waals surface area contributed by atoms with Crippen LogP contribution in [0.3, 0.4) is 0 Å². The van der Waals surface area contributed by atoms with E-state index in [1.165, 1.54) is 0 Å². The van der Waals surface area contributed by atoms with E-state index in [4.69, 9.17) is 10.7 Å². The van der Waals surface area contributed by atoms with Gasteiger partial charge in [0.1, 0.15) is 0 Å². The summed E-state index contributed by atoms with van der Waals surface area (Å²) in [7, 11) is -2.81. The van der Waals surface area contributed by atoms with E-state index in [1.54, 1.807) is 0 Å². The van der Waals surface area contributed by atoms with Gasteiger partial charge in [-0.1, -0.05) is 0 Å². The van der Waals surface area contributed by atoms with E-state index in [-0.39, 0.29) is 10.6 Å². The van der Waals surface area contributed by atoms with E-state index in [2.05, 4.69) is 0 Å². The fourth-order valence-corrected chi connectivity index (χ4v) is 4.13. The van der Waals surface area contributed by atoms with E-state index < -0.39 is 35.3 Å². The number of nitrogens with zero attached hydrogens (tertiary/aromatic N) is 1. The number of non-ortho nitro benzene ring substituents is 1. The average molecular weight is 314 g/mol. The van der Waals surface area contributed by atoms with Crippen molar-refractivity contribution in [3.63, 3.8) is 0 Å². The molecule has 0 saturated carbocycles. The molecule has 18 heavy (non-hydrogen) atoms. The first-order valence-electron chi connectivity index (χ1n) is 4.51. The predicted molar refractivity (Wildman–Crippen MR) is 64.8 cm³/mol. The van der Waals surface area contributed by atoms with Gasteiger partial charge in [-0.2, -0.15) is 0 Å². The van der Waals surface area contributed by atoms with Gasteiger partial charge >= 0.3 is 0 Å². The molecule has 0 aliphatic carbocycles. The molecule has 0 fully saturated rings. The first-order valence-corrected chi connectivity index (χ1v) is 8.64. The smallest absolute Gasteiger partial charge is 0.258 e. The van der Waals surface area contributed by atoms with Gasteiger partial charge in [-0.05, 0) is 12.1 Å². The molecule has 0 spiro atoms. The Morgan fingerprint density at radius 3 is 1.94 bits per heavy atom. The molecule has 0 aromatic heterocycles. The quantitative estimate of drug-likeness (QED) is 0.454. The van der Waals surface area contributed by atoms with Crippen LogP contribution in [0.2, 0.25) is 0 Å². The van der Waals surface area contributed by atoms with Gasteiger partial charge < -0.3 is 0 Å². The first kappa shape index (κ1) is 14.9. The average Bonchev–Trinajstić information content (AvgIpc) is 2.26. The highest BCUT2D eigenvalue weighted by atomic mass is 35.7. The van der Waals surface area contributed by atoms with Crippen LogP contribution < -0.4 is 0 Å². The summed E-state index contributed by atoms with van der Waals surface area (Å²) in [6.45, 7) is 0. The van der Waals surface area contributed by atoms with E-state index in [0.717, 1.165) is 24.3 Å². The van der Waals surface area contributed by atoms with Gasteiger partial charge in [0.25, 0.3) is 5.69 Å². The van der Waals surface area contributed by atoms with Gasteiger partial charge in [0.05, 0.1) is 21.3 Å². The van der Waals surface area contributed by atoms with Crippen LogP contribution in [-0.4, -0.2) is 33.3 Å². The van der Waals surface area contributed by atoms with Crippen molar-refractivity contribution in [2.45, 2.75) is 4.90 Å². The fraction of sp³-hybridized carbons (Fsp3) is 0.250. The highest BCUT2D eigenvalue weighted by molar-refractivity contribution is 8.14. The highest BCUT2D eigenvalue weighted by Crippen LogP contribution is 2.17. The molecule has 0 unspecified atom stereocenters. The molecule has 0 aliphatic heterocycles. The zero-order chi connectivity index (χ0) is 14.0. The maximum Gasteiger partial charge on any atom is 0.269 e. The Kier molecular flexibility index (Phi) is 4.30. The molecule has 0 atom stereocenters. The van der Waals surface area contributed by atoms with Crippen molar-refractivity contribution in [1.82, 2.24) is 0 Å². The lowest BCUT2D eigenvalue weighted by Crippen LogP contribution is -2.14. The fourth-order valence-electron chi connectivity index (χ4n) is 1.10. The second-order valence-corrected chi connectivity index (χ2v) is 8.32. The molecule has 0 radical (unpaired) electrons. The number of benzene rings is 1. The number of sulfone groups is 1. The Morgan fingerprint density at radius 2 is 1.56 bits per heavy atom. The molecule has 0 bridgehead atoms. The van der Waals surface area contributed by atoms with Gasteiger partial charge in [-0.25, -0.2) is 16.8 Å². The molecule has 7 nitrogen and oxygen atoms in total. The van der Waals surface area contributed by atoms with E-state index in [9.17, 15) is 26.9 Å². The third kappa shape index (κ3) is 4.24. The third-order valence-electron chi connectivity index (χ3n) is 2.00. The summed E-state index contributed by atoms with van der Waals surface area (Å²) in [5.41, 5.74) is -0.251. The van der Waals surface area contributed by atoms with Gasteiger partial charge in [-0.3, -0.25) is 10.1 Å². The molecule has 1 aromatic carbocycles. The summed E-state index contributed by atoms with van der Waals surface area (Å²) >= 11 is 0. The van der Waals surface area contributed by atoms with Crippen LogP contribution in [0.5, 0.6) is 0 Å². The Bertz CT molecular complexity index is 649. The van der Waals surface area contributed by atoms with Crippen molar-refractivity contribution in [1.29, 1.82) is 0 Å². The zero-order valence-electron chi connectivity index (χ0n) is 8.81. The zero-order valence-corrected chi connectivity index (χ0v) is 11.2. The number of rotatable bonds is 5. The van der Waals surface area contributed by atoms with Crippen LogP contribution in [0, 0.1) is 10.1 Å². The monoisotopic (exact) mass is 313 g/mol. The van der Waals surface area contributed by atoms with Gasteiger partial charge in [0.15, 0.2) is 9.84 Å². The van der Waals surface area contributed by atoms with Crippen molar-refractivity contribution < 1.29 is 21.8 Å². The van der Waals surface area contributed by atoms with E-state index in [1.807, 2.05) is 0 Å². The van der Waals surface area contributed by atoms with Crippen molar-refractivity contribution in [2.24, 2.45) is 0 Å². The Labute approximate surface area is 108 Å². The van der Waals surface area contributed by atoms with Crippen molar-refractivity contribution in [3.05, 3.63) is 34.4 Å². The minimum atomic E-state index is -3.90. The van der Waals surface area contributed by atoms with Crippen LogP contribution in [0.4, 0.5) is 5.69 Å². The van der Waals surface area contributed by atoms with Crippen molar-refractivity contribution >= 4 is 35.3 Å². The molecule has 10 heteroatoms. The van der Waals surface area contributed by atoms with Crippen LogP contribution in [0.15, 0.2) is 29.2 Å². The molecule has 0 aliphatic rings. The normalized spacial score (nSPS) is 12.3. The lowest BCUT2D eigenvalue weighted by molar-refractivity contribution is -0.384. The topological polar surface area (TPSA) is 111 Å². The molecular formula is C8H8ClNO6S2. The summed E-state index contributed by atoms with van der Waals surface area (Å²) in [5, 5.41) is 10.4. The second kappa shape index (κ2) is 5.21. The predicted octanol–water partition coefficient (Wildman–Crippen LogP) is 0.937. The number of hydrogen-bond acceptors (Lipinski definition) is 6. The number of hydrogen-bond donors (Lipinski definition) is 0.